The predicted octanol–water partition coefficient (Wildman–Crippen LogP) is 3.03. The second-order valence-corrected chi connectivity index (χ2v) is 20.0. The van der Waals surface area contributed by atoms with Crippen LogP contribution in [0.25, 0.3) is 0 Å². The summed E-state index contributed by atoms with van der Waals surface area (Å²) in [7, 11) is 0. The molecule has 21 atom stereocenters. The van der Waals surface area contributed by atoms with E-state index in [9.17, 15) is 40.9 Å². The first kappa shape index (κ1) is 42.9. The number of aliphatic hydroxyl groups is 8. The van der Waals surface area contributed by atoms with Crippen LogP contribution in [-0.2, 0) is 18.9 Å². The summed E-state index contributed by atoms with van der Waals surface area (Å²) >= 11 is 0. The van der Waals surface area contributed by atoms with Gasteiger partial charge in [0.25, 0.3) is 0 Å². The molecule has 0 amide bonds. The summed E-state index contributed by atoms with van der Waals surface area (Å²) in [5, 5.41) is 88.3. The van der Waals surface area contributed by atoms with Gasteiger partial charge in [0, 0.05) is 0 Å². The lowest BCUT2D eigenvalue weighted by atomic mass is 9.34. The van der Waals surface area contributed by atoms with Crippen molar-refractivity contribution in [2.45, 2.75) is 193 Å². The molecule has 8 N–H and O–H groups in total. The zero-order valence-corrected chi connectivity index (χ0v) is 34.0. The molecule has 12 heteroatoms. The first-order valence-corrected chi connectivity index (χ1v) is 20.8. The summed E-state index contributed by atoms with van der Waals surface area (Å²) in [6, 6.07) is 0. The fraction of sp³-hybridized carbons (Fsp3) is 0.952. The van der Waals surface area contributed by atoms with Crippen molar-refractivity contribution in [1.82, 2.24) is 0 Å². The van der Waals surface area contributed by atoms with E-state index in [0.29, 0.717) is 31.1 Å². The largest absolute Gasteiger partial charge is 0.394 e. The fourth-order valence-electron chi connectivity index (χ4n) is 13.3. The van der Waals surface area contributed by atoms with Gasteiger partial charge in [0.1, 0.15) is 42.7 Å². The maximum atomic E-state index is 12.3. The zero-order valence-electron chi connectivity index (χ0n) is 34.0. The van der Waals surface area contributed by atoms with Crippen LogP contribution in [0.2, 0.25) is 0 Å². The highest BCUT2D eigenvalue weighted by molar-refractivity contribution is 5.21. The second kappa shape index (κ2) is 15.5. The molecule has 0 radical (unpaired) electrons. The van der Waals surface area contributed by atoms with Gasteiger partial charge in [-0.3, -0.25) is 0 Å². The first-order chi connectivity index (χ1) is 25.1. The van der Waals surface area contributed by atoms with Crippen LogP contribution >= 0.6 is 0 Å². The minimum Gasteiger partial charge on any atom is -0.394 e. The van der Waals surface area contributed by atoms with Crippen molar-refractivity contribution >= 4 is 0 Å². The molecule has 0 spiro atoms. The Morgan fingerprint density at radius 3 is 2.15 bits per heavy atom. The monoisotopic (exact) mass is 769 g/mol. The molecular weight excluding hydrogens is 696 g/mol. The van der Waals surface area contributed by atoms with Crippen LogP contribution in [0.4, 0.5) is 0 Å². The predicted molar refractivity (Wildman–Crippen MR) is 199 cm³/mol. The highest BCUT2D eigenvalue weighted by Gasteiger charge is 2.73. The minimum atomic E-state index is -1.67. The van der Waals surface area contributed by atoms with Gasteiger partial charge in [0.2, 0.25) is 0 Å². The molecule has 0 aromatic carbocycles. The Labute approximate surface area is 322 Å². The maximum absolute atomic E-state index is 12.3. The van der Waals surface area contributed by atoms with Crippen molar-refractivity contribution in [1.29, 1.82) is 0 Å². The molecule has 4 saturated carbocycles. The summed E-state index contributed by atoms with van der Waals surface area (Å²) in [6.45, 7) is 18.8. The molecular formula is C42H72O12. The zero-order chi connectivity index (χ0) is 39.9. The van der Waals surface area contributed by atoms with Gasteiger partial charge in [-0.1, -0.05) is 53.2 Å². The molecule has 2 aliphatic heterocycles. The normalized spacial score (nSPS) is 53.5. The van der Waals surface area contributed by atoms with Crippen LogP contribution in [0.3, 0.4) is 0 Å². The van der Waals surface area contributed by atoms with E-state index in [2.05, 4.69) is 61.5 Å². The van der Waals surface area contributed by atoms with Crippen molar-refractivity contribution in [3.8, 4) is 0 Å². The van der Waals surface area contributed by atoms with Gasteiger partial charge in [-0.2, -0.15) is 0 Å². The summed E-state index contributed by atoms with van der Waals surface area (Å²) in [5.41, 5.74) is -0.173. The first-order valence-electron chi connectivity index (χ1n) is 20.8. The van der Waals surface area contributed by atoms with Gasteiger partial charge in [0.15, 0.2) is 12.6 Å². The molecule has 2 saturated heterocycles. The maximum Gasteiger partial charge on any atom is 0.187 e. The molecule has 0 bridgehead atoms. The number of rotatable bonds is 9. The Morgan fingerprint density at radius 1 is 0.815 bits per heavy atom. The van der Waals surface area contributed by atoms with Crippen molar-refractivity contribution in [3.05, 3.63) is 11.6 Å². The summed E-state index contributed by atoms with van der Waals surface area (Å²) in [5.74, 6) is 0.849. The summed E-state index contributed by atoms with van der Waals surface area (Å²) < 4.78 is 25.2. The van der Waals surface area contributed by atoms with E-state index in [-0.39, 0.29) is 34.0 Å². The number of aliphatic hydroxyl groups excluding tert-OH is 8. The van der Waals surface area contributed by atoms with Crippen LogP contribution < -0.4 is 0 Å². The van der Waals surface area contributed by atoms with E-state index in [0.717, 1.165) is 32.1 Å². The van der Waals surface area contributed by atoms with Crippen LogP contribution in [0.5, 0.6) is 0 Å². The third kappa shape index (κ3) is 6.87. The lowest BCUT2D eigenvalue weighted by Gasteiger charge is -2.72. The number of hydrogen-bond acceptors (Lipinski definition) is 12. The Bertz CT molecular complexity index is 1340. The standard InChI is InChI=1S/C42H72O12/c1-20(2)11-10-12-21(3)23-13-16-41(8)29(23)24(44)17-27-40(7)15-14-28(45)39(5,6)36(40)25(18-42(27,41)9)52-38-35(33(49)31(47)26(19-43)53-38)54-37-34(50)32(48)30(46)22(4)51-37/h11,21-38,43-50H,10,12-19H2,1-9H3/t21-,22-,23?,24+,25-,26-,27+,28-,29-,30-,31-,32+,33+,34+,35-,36?,37-,38-,40+,41+,42+/m0/s1. The van der Waals surface area contributed by atoms with E-state index >= 15 is 0 Å². The molecule has 312 valence electrons. The van der Waals surface area contributed by atoms with E-state index in [1.54, 1.807) is 0 Å². The summed E-state index contributed by atoms with van der Waals surface area (Å²) in [4.78, 5) is 0. The van der Waals surface area contributed by atoms with Gasteiger partial charge >= 0.3 is 0 Å². The van der Waals surface area contributed by atoms with Crippen LogP contribution in [0, 0.1) is 51.2 Å². The molecule has 54 heavy (non-hydrogen) atoms. The Hall–Kier alpha value is -0.740. The number of hydrogen-bond donors (Lipinski definition) is 8. The third-order valence-electron chi connectivity index (χ3n) is 16.4. The number of fused-ring (bicyclic) bond motifs is 5. The quantitative estimate of drug-likeness (QED) is 0.126. The SMILES string of the molecule is CC(C)=CCC[C@H](C)C1CC[C@]2(C)[C@@H]1[C@H](O)C[C@@H]1[C@@]3(C)CC[C@H](O)C(C)(C)C3[C@@H](O[C@H]3O[C@@H](CO)[C@H](O)[C@@H](O)[C@@H]3O[C@@H]3O[C@@H](C)[C@H](O)[C@@H](O)[C@H]3O)C[C@]12C. The smallest absolute Gasteiger partial charge is 0.187 e. The van der Waals surface area contributed by atoms with Gasteiger partial charge in [-0.05, 0) is 123 Å². The van der Waals surface area contributed by atoms with Crippen LogP contribution in [0.1, 0.15) is 114 Å². The average molecular weight is 769 g/mol. The topological polar surface area (TPSA) is 199 Å². The second-order valence-electron chi connectivity index (χ2n) is 20.0. The fourth-order valence-corrected chi connectivity index (χ4v) is 13.3. The molecule has 6 aliphatic rings. The van der Waals surface area contributed by atoms with E-state index < -0.39 is 91.7 Å². The van der Waals surface area contributed by atoms with Crippen molar-refractivity contribution < 1.29 is 59.8 Å². The van der Waals surface area contributed by atoms with Gasteiger partial charge in [-0.25, -0.2) is 0 Å². The molecule has 0 aromatic heterocycles. The Morgan fingerprint density at radius 2 is 1.50 bits per heavy atom. The minimum absolute atomic E-state index is 0.106. The van der Waals surface area contributed by atoms with Gasteiger partial charge < -0.3 is 59.8 Å². The molecule has 6 rings (SSSR count). The molecule has 0 aromatic rings. The Balaban J connectivity index is 1.37. The number of ether oxygens (including phenoxy) is 4. The van der Waals surface area contributed by atoms with Crippen LogP contribution in [-0.4, -0.2) is 127 Å². The van der Waals surface area contributed by atoms with Gasteiger partial charge in [0.05, 0.1) is 31.0 Å². The van der Waals surface area contributed by atoms with E-state index in [1.807, 2.05) is 0 Å². The van der Waals surface area contributed by atoms with Crippen LogP contribution in [0.15, 0.2) is 11.6 Å². The third-order valence-corrected chi connectivity index (χ3v) is 16.4. The van der Waals surface area contributed by atoms with Crippen molar-refractivity contribution in [3.63, 3.8) is 0 Å². The van der Waals surface area contributed by atoms with E-state index in [1.165, 1.54) is 12.5 Å². The van der Waals surface area contributed by atoms with E-state index in [4.69, 9.17) is 18.9 Å². The molecule has 2 unspecified atom stereocenters. The van der Waals surface area contributed by atoms with Gasteiger partial charge in [-0.15, -0.1) is 0 Å². The average Bonchev–Trinajstić information content (AvgIpc) is 3.48. The van der Waals surface area contributed by atoms with Crippen molar-refractivity contribution in [2.24, 2.45) is 51.2 Å². The highest BCUT2D eigenvalue weighted by Crippen LogP contribution is 2.76. The highest BCUT2D eigenvalue weighted by atomic mass is 16.8. The molecule has 12 nitrogen and oxygen atoms in total. The van der Waals surface area contributed by atoms with Crippen molar-refractivity contribution in [2.75, 3.05) is 6.61 Å². The summed E-state index contributed by atoms with van der Waals surface area (Å²) in [6.07, 6.45) is -6.76. The molecule has 4 aliphatic carbocycles. The number of allylic oxidation sites excluding steroid dienone is 2. The molecule has 2 heterocycles. The lowest BCUT2D eigenvalue weighted by molar-refractivity contribution is -0.382. The Kier molecular flexibility index (Phi) is 12.3. The molecule has 6 fully saturated rings. The lowest BCUT2D eigenvalue weighted by Crippen LogP contribution is -2.71.